The molecule has 3 rings (SSSR count). The zero-order valence-electron chi connectivity index (χ0n) is 15.5. The van der Waals surface area contributed by atoms with Gasteiger partial charge in [-0.05, 0) is 55.3 Å². The first-order valence-electron chi connectivity index (χ1n) is 8.43. The molecule has 0 aliphatic rings. The first kappa shape index (κ1) is 19.5. The number of halogens is 3. The van der Waals surface area contributed by atoms with Gasteiger partial charge in [0.1, 0.15) is 5.75 Å². The number of carbonyl (C=O) groups excluding carboxylic acids is 1. The molecule has 0 radical (unpaired) electrons. The first-order chi connectivity index (χ1) is 13.1. The molecule has 0 aliphatic heterocycles. The molecule has 1 aromatic heterocycles. The number of alkyl halides is 3. The molecule has 5 nitrogen and oxygen atoms in total. The van der Waals surface area contributed by atoms with E-state index in [1.807, 2.05) is 13.8 Å². The van der Waals surface area contributed by atoms with Crippen molar-refractivity contribution in [1.82, 2.24) is 9.78 Å². The van der Waals surface area contributed by atoms with Crippen LogP contribution in [0, 0.1) is 13.8 Å². The van der Waals surface area contributed by atoms with E-state index in [-0.39, 0.29) is 0 Å². The van der Waals surface area contributed by atoms with Gasteiger partial charge >= 0.3 is 12.1 Å². The highest BCUT2D eigenvalue weighted by Gasteiger charge is 2.30. The smallest absolute Gasteiger partial charge is 0.416 e. The number of ether oxygens (including phenoxy) is 1. The van der Waals surface area contributed by atoms with Crippen molar-refractivity contribution in [2.45, 2.75) is 26.9 Å². The molecule has 28 heavy (non-hydrogen) atoms. The average Bonchev–Trinajstić information content (AvgIpc) is 3.06. The van der Waals surface area contributed by atoms with Gasteiger partial charge in [0.2, 0.25) is 0 Å². The number of aryl methyl sites for hydroxylation is 2. The molecule has 0 aliphatic carbocycles. The van der Waals surface area contributed by atoms with Crippen molar-refractivity contribution in [3.63, 3.8) is 0 Å². The van der Waals surface area contributed by atoms with Crippen LogP contribution in [0.2, 0.25) is 0 Å². The Balaban J connectivity index is 1.83. The van der Waals surface area contributed by atoms with Crippen LogP contribution in [0.4, 0.5) is 24.7 Å². The number of esters is 1. The minimum atomic E-state index is -4.41. The Labute approximate surface area is 159 Å². The maximum Gasteiger partial charge on any atom is 0.416 e. The van der Waals surface area contributed by atoms with Gasteiger partial charge in [-0.15, -0.1) is 0 Å². The van der Waals surface area contributed by atoms with Crippen molar-refractivity contribution in [2.75, 3.05) is 5.32 Å². The molecule has 1 heterocycles. The molecular formula is C20H18F3N3O2. The van der Waals surface area contributed by atoms with Gasteiger partial charge in [-0.2, -0.15) is 18.3 Å². The summed E-state index contributed by atoms with van der Waals surface area (Å²) < 4.78 is 45.2. The van der Waals surface area contributed by atoms with E-state index in [1.54, 1.807) is 30.5 Å². The standard InChI is InChI=1S/C20H18F3N3O2/c1-12-9-16(10-13(2)19(12)28-14(3)27)24-18-7-8-26(25-18)17-6-4-5-15(11-17)20(21,22)23/h4-11H,1-3H3,(H,24,25). The predicted molar refractivity (Wildman–Crippen MR) is 99.1 cm³/mol. The third-order valence-corrected chi connectivity index (χ3v) is 4.01. The van der Waals surface area contributed by atoms with Crippen LogP contribution in [0.3, 0.4) is 0 Å². The topological polar surface area (TPSA) is 56.1 Å². The number of benzene rings is 2. The van der Waals surface area contributed by atoms with Gasteiger partial charge in [0.15, 0.2) is 5.82 Å². The predicted octanol–water partition coefficient (Wildman–Crippen LogP) is 5.18. The summed E-state index contributed by atoms with van der Waals surface area (Å²) in [5.41, 5.74) is 1.84. The summed E-state index contributed by atoms with van der Waals surface area (Å²) in [5.74, 6) is 0.579. The lowest BCUT2D eigenvalue weighted by molar-refractivity contribution is -0.137. The summed E-state index contributed by atoms with van der Waals surface area (Å²) in [5, 5.41) is 7.39. The monoisotopic (exact) mass is 389 g/mol. The summed E-state index contributed by atoms with van der Waals surface area (Å²) >= 11 is 0. The fourth-order valence-corrected chi connectivity index (χ4v) is 2.83. The van der Waals surface area contributed by atoms with E-state index in [0.717, 1.165) is 28.9 Å². The molecule has 0 amide bonds. The molecule has 146 valence electrons. The summed E-state index contributed by atoms with van der Waals surface area (Å²) in [6, 6.07) is 10.2. The van der Waals surface area contributed by atoms with Gasteiger partial charge in [-0.1, -0.05) is 6.07 Å². The van der Waals surface area contributed by atoms with Crippen LogP contribution >= 0.6 is 0 Å². The van der Waals surface area contributed by atoms with E-state index in [9.17, 15) is 18.0 Å². The van der Waals surface area contributed by atoms with E-state index >= 15 is 0 Å². The Kier molecular flexibility index (Phi) is 5.13. The fraction of sp³-hybridized carbons (Fsp3) is 0.200. The van der Waals surface area contributed by atoms with Crippen molar-refractivity contribution in [2.24, 2.45) is 0 Å². The third-order valence-electron chi connectivity index (χ3n) is 4.01. The first-order valence-corrected chi connectivity index (χ1v) is 8.43. The SMILES string of the molecule is CC(=O)Oc1c(C)cc(Nc2ccn(-c3cccc(C(F)(F)F)c3)n2)cc1C. The number of hydrogen-bond acceptors (Lipinski definition) is 4. The zero-order valence-corrected chi connectivity index (χ0v) is 15.5. The summed E-state index contributed by atoms with van der Waals surface area (Å²) in [6.07, 6.45) is -2.84. The highest BCUT2D eigenvalue weighted by atomic mass is 19.4. The van der Waals surface area contributed by atoms with Crippen molar-refractivity contribution in [3.8, 4) is 11.4 Å². The number of nitrogens with zero attached hydrogens (tertiary/aromatic N) is 2. The Morgan fingerprint density at radius 1 is 1.11 bits per heavy atom. The number of nitrogens with one attached hydrogen (secondary N) is 1. The molecule has 0 unspecified atom stereocenters. The lowest BCUT2D eigenvalue weighted by Crippen LogP contribution is -2.06. The van der Waals surface area contributed by atoms with Gasteiger partial charge in [0.25, 0.3) is 0 Å². The molecule has 0 saturated heterocycles. The van der Waals surface area contributed by atoms with Crippen molar-refractivity contribution in [1.29, 1.82) is 0 Å². The highest BCUT2D eigenvalue weighted by Crippen LogP contribution is 2.31. The van der Waals surface area contributed by atoms with Gasteiger partial charge in [0, 0.05) is 24.9 Å². The normalized spacial score (nSPS) is 11.4. The molecule has 0 saturated carbocycles. The molecule has 0 spiro atoms. The largest absolute Gasteiger partial charge is 0.426 e. The maximum absolute atomic E-state index is 12.9. The second kappa shape index (κ2) is 7.38. The maximum atomic E-state index is 12.9. The Bertz CT molecular complexity index is 1000. The van der Waals surface area contributed by atoms with Gasteiger partial charge < -0.3 is 10.1 Å². The number of rotatable bonds is 4. The fourth-order valence-electron chi connectivity index (χ4n) is 2.83. The number of aromatic nitrogens is 2. The third kappa shape index (κ3) is 4.33. The number of carbonyl (C=O) groups is 1. The molecule has 1 N–H and O–H groups in total. The van der Waals surface area contributed by atoms with Crippen LogP contribution in [0.25, 0.3) is 5.69 Å². The number of anilines is 2. The van der Waals surface area contributed by atoms with Crippen LogP contribution < -0.4 is 10.1 Å². The summed E-state index contributed by atoms with van der Waals surface area (Å²) in [4.78, 5) is 11.2. The second-order valence-electron chi connectivity index (χ2n) is 6.35. The van der Waals surface area contributed by atoms with Crippen LogP contribution in [0.15, 0.2) is 48.7 Å². The van der Waals surface area contributed by atoms with E-state index < -0.39 is 17.7 Å². The number of hydrogen-bond donors (Lipinski definition) is 1. The van der Waals surface area contributed by atoms with Gasteiger partial charge in [0.05, 0.1) is 11.3 Å². The minimum Gasteiger partial charge on any atom is -0.426 e. The Morgan fingerprint density at radius 3 is 2.39 bits per heavy atom. The molecule has 0 fully saturated rings. The molecule has 8 heteroatoms. The summed E-state index contributed by atoms with van der Waals surface area (Å²) in [7, 11) is 0. The molecule has 0 atom stereocenters. The zero-order chi connectivity index (χ0) is 20.5. The molecule has 0 bridgehead atoms. The van der Waals surface area contributed by atoms with E-state index in [2.05, 4.69) is 10.4 Å². The second-order valence-corrected chi connectivity index (χ2v) is 6.35. The molecule has 2 aromatic carbocycles. The molecule has 3 aromatic rings. The molecular weight excluding hydrogens is 371 g/mol. The Hall–Kier alpha value is -3.29. The Morgan fingerprint density at radius 2 is 1.79 bits per heavy atom. The van der Waals surface area contributed by atoms with Crippen LogP contribution in [0.5, 0.6) is 5.75 Å². The summed E-state index contributed by atoms with van der Waals surface area (Å²) in [6.45, 7) is 4.97. The van der Waals surface area contributed by atoms with E-state index in [4.69, 9.17) is 4.74 Å². The van der Waals surface area contributed by atoms with E-state index in [0.29, 0.717) is 17.3 Å². The highest BCUT2D eigenvalue weighted by molar-refractivity contribution is 5.71. The van der Waals surface area contributed by atoms with Gasteiger partial charge in [-0.25, -0.2) is 4.68 Å². The van der Waals surface area contributed by atoms with E-state index in [1.165, 1.54) is 17.7 Å². The van der Waals surface area contributed by atoms with Crippen LogP contribution in [0.1, 0.15) is 23.6 Å². The van der Waals surface area contributed by atoms with Gasteiger partial charge in [-0.3, -0.25) is 4.79 Å². The quantitative estimate of drug-likeness (QED) is 0.494. The van der Waals surface area contributed by atoms with Crippen molar-refractivity contribution < 1.29 is 22.7 Å². The van der Waals surface area contributed by atoms with Crippen LogP contribution in [-0.2, 0) is 11.0 Å². The average molecular weight is 389 g/mol. The van der Waals surface area contributed by atoms with Crippen molar-refractivity contribution in [3.05, 3.63) is 65.4 Å². The lowest BCUT2D eigenvalue weighted by Gasteiger charge is -2.12. The minimum absolute atomic E-state index is 0.306. The van der Waals surface area contributed by atoms with Crippen molar-refractivity contribution >= 4 is 17.5 Å². The van der Waals surface area contributed by atoms with Crippen LogP contribution in [-0.4, -0.2) is 15.7 Å². The lowest BCUT2D eigenvalue weighted by atomic mass is 10.1.